The van der Waals surface area contributed by atoms with Crippen LogP contribution in [0.15, 0.2) is 0 Å². The zero-order valence-corrected chi connectivity index (χ0v) is 32.6. The summed E-state index contributed by atoms with van der Waals surface area (Å²) in [4.78, 5) is 45.7. The summed E-state index contributed by atoms with van der Waals surface area (Å²) < 4.78 is 26.7. The van der Waals surface area contributed by atoms with Gasteiger partial charge in [0.1, 0.15) is 12.7 Å². The Hall–Kier alpha value is -1.52. The lowest BCUT2D eigenvalue weighted by molar-refractivity contribution is -0.147. The maximum absolute atomic E-state index is 12.3. The van der Waals surface area contributed by atoms with E-state index in [1.807, 2.05) is 0 Å². The van der Waals surface area contributed by atoms with Crippen LogP contribution in [0.1, 0.15) is 194 Å². The first kappa shape index (κ1) is 48.5. The van der Waals surface area contributed by atoms with Gasteiger partial charge in [-0.25, -0.2) is 9.36 Å². The number of rotatable bonds is 38. The molecule has 0 rings (SSSR count). The van der Waals surface area contributed by atoms with Crippen molar-refractivity contribution in [3.8, 4) is 0 Å². The van der Waals surface area contributed by atoms with E-state index in [0.717, 1.165) is 38.5 Å². The van der Waals surface area contributed by atoms with Crippen molar-refractivity contribution in [3.63, 3.8) is 0 Å². The second-order valence-electron chi connectivity index (χ2n) is 13.8. The lowest BCUT2D eigenvalue weighted by Crippen LogP contribution is -2.43. The van der Waals surface area contributed by atoms with Gasteiger partial charge in [0.25, 0.3) is 0 Å². The van der Waals surface area contributed by atoms with Crippen LogP contribution in [-0.2, 0) is 32.7 Å². The number of phosphoric ester groups is 1. The van der Waals surface area contributed by atoms with Crippen LogP contribution in [0, 0.1) is 0 Å². The summed E-state index contributed by atoms with van der Waals surface area (Å²) in [6.07, 6.45) is 29.8. The maximum Gasteiger partial charge on any atom is 0.472 e. The molecule has 0 aromatic rings. The van der Waals surface area contributed by atoms with Crippen molar-refractivity contribution in [2.24, 2.45) is 0 Å². The molecule has 11 nitrogen and oxygen atoms in total. The highest BCUT2D eigenvalue weighted by Gasteiger charge is 2.28. The minimum Gasteiger partial charge on any atom is -0.480 e. The first-order chi connectivity index (χ1) is 24.1. The number of aliphatic hydroxyl groups excluding tert-OH is 1. The second kappa shape index (κ2) is 34.6. The van der Waals surface area contributed by atoms with E-state index >= 15 is 0 Å². The van der Waals surface area contributed by atoms with E-state index in [0.29, 0.717) is 12.8 Å². The number of hydrogen-bond donors (Lipinski definition) is 4. The molecular formula is C38H74NO10P. The molecule has 0 saturated carbocycles. The number of aliphatic hydroxyl groups is 1. The van der Waals surface area contributed by atoms with Crippen LogP contribution in [0.4, 0.5) is 0 Å². The molecule has 12 heteroatoms. The molecule has 0 radical (unpaired) electrons. The van der Waals surface area contributed by atoms with Crippen molar-refractivity contribution in [2.45, 2.75) is 206 Å². The minimum absolute atomic E-state index is 0.152. The number of amides is 1. The molecule has 296 valence electrons. The fraction of sp³-hybridized carbons (Fsp3) is 0.921. The smallest absolute Gasteiger partial charge is 0.472 e. The quantitative estimate of drug-likeness (QED) is 0.0272. The van der Waals surface area contributed by atoms with E-state index in [2.05, 4.69) is 19.2 Å². The third-order valence-corrected chi connectivity index (χ3v) is 9.85. The third-order valence-electron chi connectivity index (χ3n) is 8.90. The number of aliphatic carboxylic acids is 1. The van der Waals surface area contributed by atoms with E-state index in [4.69, 9.17) is 13.8 Å². The normalized spacial score (nSPS) is 13.8. The average molecular weight is 736 g/mol. The summed E-state index contributed by atoms with van der Waals surface area (Å²) in [5.74, 6) is -2.36. The number of carboxylic acids is 1. The number of esters is 1. The number of hydrogen-bond acceptors (Lipinski definition) is 8. The molecule has 4 N–H and O–H groups in total. The van der Waals surface area contributed by atoms with Gasteiger partial charge >= 0.3 is 19.8 Å². The van der Waals surface area contributed by atoms with Gasteiger partial charge in [-0.1, -0.05) is 168 Å². The van der Waals surface area contributed by atoms with Gasteiger partial charge < -0.3 is 25.2 Å². The van der Waals surface area contributed by atoms with Crippen LogP contribution in [0.3, 0.4) is 0 Å². The molecule has 0 aliphatic heterocycles. The lowest BCUT2D eigenvalue weighted by Gasteiger charge is -2.18. The maximum atomic E-state index is 12.3. The van der Waals surface area contributed by atoms with Crippen molar-refractivity contribution < 1.29 is 47.8 Å². The monoisotopic (exact) mass is 736 g/mol. The summed E-state index contributed by atoms with van der Waals surface area (Å²) in [5.41, 5.74) is 0. The van der Waals surface area contributed by atoms with Crippen molar-refractivity contribution in [1.82, 2.24) is 5.32 Å². The molecule has 0 aromatic heterocycles. The van der Waals surface area contributed by atoms with Gasteiger partial charge in [-0.15, -0.1) is 0 Å². The van der Waals surface area contributed by atoms with Crippen molar-refractivity contribution >= 4 is 25.7 Å². The Morgan fingerprint density at radius 2 is 0.920 bits per heavy atom. The van der Waals surface area contributed by atoms with Gasteiger partial charge in [-0.3, -0.25) is 18.6 Å². The molecule has 0 bridgehead atoms. The zero-order valence-electron chi connectivity index (χ0n) is 31.7. The Balaban J connectivity index is 3.92. The third kappa shape index (κ3) is 33.6. The Kier molecular flexibility index (Phi) is 33.5. The summed E-state index contributed by atoms with van der Waals surface area (Å²) >= 11 is 0. The van der Waals surface area contributed by atoms with E-state index in [1.165, 1.54) is 116 Å². The first-order valence-electron chi connectivity index (χ1n) is 20.1. The van der Waals surface area contributed by atoms with Gasteiger partial charge in [0, 0.05) is 12.8 Å². The fourth-order valence-electron chi connectivity index (χ4n) is 5.73. The highest BCUT2D eigenvalue weighted by Crippen LogP contribution is 2.43. The molecule has 0 aromatic carbocycles. The highest BCUT2D eigenvalue weighted by molar-refractivity contribution is 7.47. The summed E-state index contributed by atoms with van der Waals surface area (Å²) in [6, 6.07) is -1.54. The van der Waals surface area contributed by atoms with Crippen LogP contribution < -0.4 is 5.32 Å². The molecular weight excluding hydrogens is 661 g/mol. The zero-order chi connectivity index (χ0) is 37.1. The number of carbonyl (C=O) groups is 3. The van der Waals surface area contributed by atoms with Crippen LogP contribution in [0.25, 0.3) is 0 Å². The molecule has 0 saturated heterocycles. The fourth-order valence-corrected chi connectivity index (χ4v) is 6.50. The number of phosphoric acid groups is 1. The highest BCUT2D eigenvalue weighted by atomic mass is 31.2. The van der Waals surface area contributed by atoms with Gasteiger partial charge in [-0.05, 0) is 12.8 Å². The average Bonchev–Trinajstić information content (AvgIpc) is 3.08. The van der Waals surface area contributed by atoms with Gasteiger partial charge in [0.2, 0.25) is 5.91 Å². The topological polar surface area (TPSA) is 169 Å². The van der Waals surface area contributed by atoms with Crippen LogP contribution in [0.5, 0.6) is 0 Å². The number of ether oxygens (including phenoxy) is 1. The molecule has 3 atom stereocenters. The Morgan fingerprint density at radius 3 is 1.32 bits per heavy atom. The molecule has 50 heavy (non-hydrogen) atoms. The lowest BCUT2D eigenvalue weighted by atomic mass is 10.0. The standard InChI is InChI=1S/C38H74NO10P/c1-3-5-7-9-11-13-15-17-18-19-21-23-25-27-29-36(41)39-35(38(43)44)33-49-50(45,46)48-32-34(40)31-47-37(42)30-28-26-24-22-20-16-14-12-10-8-6-4-2/h34-35,40H,3-33H2,1-2H3,(H,39,41)(H,43,44)(H,45,46). The molecule has 0 fully saturated rings. The van der Waals surface area contributed by atoms with Crippen LogP contribution in [-0.4, -0.2) is 64.9 Å². The Bertz CT molecular complexity index is 875. The molecule has 0 spiro atoms. The molecule has 3 unspecified atom stereocenters. The van der Waals surface area contributed by atoms with Crippen LogP contribution >= 0.6 is 7.82 Å². The SMILES string of the molecule is CCCCCCCCCCCCCCCCC(=O)NC(COP(=O)(O)OCC(O)COC(=O)CCCCCCCCCCCCCC)C(=O)O. The van der Waals surface area contributed by atoms with E-state index in [-0.39, 0.29) is 12.8 Å². The largest absolute Gasteiger partial charge is 0.480 e. The van der Waals surface area contributed by atoms with Gasteiger partial charge in [0.15, 0.2) is 6.04 Å². The van der Waals surface area contributed by atoms with Crippen LogP contribution in [0.2, 0.25) is 0 Å². The van der Waals surface area contributed by atoms with Crippen molar-refractivity contribution in [3.05, 3.63) is 0 Å². The number of carboxylic acid groups (broad SMARTS) is 1. The number of nitrogens with one attached hydrogen (secondary N) is 1. The van der Waals surface area contributed by atoms with Crippen molar-refractivity contribution in [1.29, 1.82) is 0 Å². The summed E-state index contributed by atoms with van der Waals surface area (Å²) in [7, 11) is -4.74. The Labute approximate surface area is 304 Å². The number of carbonyl (C=O) groups excluding carboxylic acids is 2. The predicted molar refractivity (Wildman–Crippen MR) is 199 cm³/mol. The Morgan fingerprint density at radius 1 is 0.560 bits per heavy atom. The summed E-state index contributed by atoms with van der Waals surface area (Å²) in [5, 5.41) is 21.7. The van der Waals surface area contributed by atoms with Crippen molar-refractivity contribution in [2.75, 3.05) is 19.8 Å². The molecule has 1 amide bonds. The van der Waals surface area contributed by atoms with E-state index in [9.17, 15) is 34.1 Å². The second-order valence-corrected chi connectivity index (χ2v) is 15.3. The predicted octanol–water partition coefficient (Wildman–Crippen LogP) is 9.56. The first-order valence-corrected chi connectivity index (χ1v) is 21.6. The summed E-state index contributed by atoms with van der Waals surface area (Å²) in [6.45, 7) is 2.59. The molecule has 0 aliphatic carbocycles. The van der Waals surface area contributed by atoms with Gasteiger partial charge in [0.05, 0.1) is 13.2 Å². The molecule has 0 aliphatic rings. The van der Waals surface area contributed by atoms with E-state index < -0.39 is 57.6 Å². The minimum atomic E-state index is -4.74. The van der Waals surface area contributed by atoms with Gasteiger partial charge in [-0.2, -0.15) is 0 Å². The van der Waals surface area contributed by atoms with E-state index in [1.54, 1.807) is 0 Å². The molecule has 0 heterocycles. The number of unbranched alkanes of at least 4 members (excludes halogenated alkanes) is 24.